The zero-order valence-corrected chi connectivity index (χ0v) is 15.1. The number of carbonyl (C=O) groups is 1. The number of ether oxygens (including phenoxy) is 2. The standard InChI is InChI=1S/C19H30N2O3/c1-4-17-7-5-6-12-21(17)19(22)15(2)20-16-8-10-18(11-9-16)24-14-13-23-3/h8-11,15,17,20H,4-7,12-14H2,1-3H3. The Hall–Kier alpha value is -1.75. The molecule has 1 amide bonds. The Balaban J connectivity index is 1.88. The van der Waals surface area contributed by atoms with Gasteiger partial charge < -0.3 is 19.7 Å². The van der Waals surface area contributed by atoms with E-state index in [0.717, 1.165) is 37.2 Å². The van der Waals surface area contributed by atoms with Crippen LogP contribution in [0.25, 0.3) is 0 Å². The van der Waals surface area contributed by atoms with E-state index in [-0.39, 0.29) is 11.9 Å². The number of methoxy groups -OCH3 is 1. The minimum atomic E-state index is -0.225. The van der Waals surface area contributed by atoms with Crippen LogP contribution in [0.5, 0.6) is 5.75 Å². The summed E-state index contributed by atoms with van der Waals surface area (Å²) in [6.45, 7) is 6.09. The minimum Gasteiger partial charge on any atom is -0.491 e. The van der Waals surface area contributed by atoms with Gasteiger partial charge in [-0.25, -0.2) is 0 Å². The molecule has 1 aliphatic rings. The molecule has 134 valence electrons. The summed E-state index contributed by atoms with van der Waals surface area (Å²) in [7, 11) is 1.65. The minimum absolute atomic E-state index is 0.196. The zero-order chi connectivity index (χ0) is 17.4. The maximum atomic E-state index is 12.7. The quantitative estimate of drug-likeness (QED) is 0.741. The van der Waals surface area contributed by atoms with Gasteiger partial charge in [0.25, 0.3) is 0 Å². The first-order chi connectivity index (χ1) is 11.7. The number of benzene rings is 1. The van der Waals surface area contributed by atoms with Crippen LogP contribution in [0.15, 0.2) is 24.3 Å². The van der Waals surface area contributed by atoms with Gasteiger partial charge in [-0.05, 0) is 56.9 Å². The van der Waals surface area contributed by atoms with Gasteiger partial charge in [0.05, 0.1) is 6.61 Å². The third-order valence-corrected chi connectivity index (χ3v) is 4.55. The summed E-state index contributed by atoms with van der Waals surface area (Å²) < 4.78 is 10.5. The second-order valence-corrected chi connectivity index (χ2v) is 6.32. The van der Waals surface area contributed by atoms with Crippen molar-refractivity contribution in [2.75, 3.05) is 32.2 Å². The van der Waals surface area contributed by atoms with E-state index in [2.05, 4.69) is 17.1 Å². The third kappa shape index (κ3) is 5.13. The Kier molecular flexibility index (Phi) is 7.37. The first kappa shape index (κ1) is 18.6. The summed E-state index contributed by atoms with van der Waals surface area (Å²) in [6, 6.07) is 7.87. The Morgan fingerprint density at radius 1 is 1.29 bits per heavy atom. The molecule has 0 aromatic heterocycles. The maximum absolute atomic E-state index is 12.7. The normalized spacial score (nSPS) is 19.0. The van der Waals surface area contributed by atoms with Crippen LogP contribution in [-0.2, 0) is 9.53 Å². The number of rotatable bonds is 8. The first-order valence-electron chi connectivity index (χ1n) is 8.94. The van der Waals surface area contributed by atoms with Crippen LogP contribution in [0.1, 0.15) is 39.5 Å². The Morgan fingerprint density at radius 3 is 2.71 bits per heavy atom. The molecule has 1 heterocycles. The maximum Gasteiger partial charge on any atom is 0.245 e. The number of piperidine rings is 1. The predicted molar refractivity (Wildman–Crippen MR) is 96.5 cm³/mol. The number of nitrogens with zero attached hydrogens (tertiary/aromatic N) is 1. The number of hydrogen-bond donors (Lipinski definition) is 1. The second-order valence-electron chi connectivity index (χ2n) is 6.32. The number of carbonyl (C=O) groups excluding carboxylic acids is 1. The molecule has 1 aliphatic heterocycles. The lowest BCUT2D eigenvalue weighted by atomic mass is 9.99. The molecule has 0 aliphatic carbocycles. The summed E-state index contributed by atoms with van der Waals surface area (Å²) >= 11 is 0. The SMILES string of the molecule is CCC1CCCCN1C(=O)C(C)Nc1ccc(OCCOC)cc1. The highest BCUT2D eigenvalue weighted by Gasteiger charge is 2.28. The molecular weight excluding hydrogens is 304 g/mol. The monoisotopic (exact) mass is 334 g/mol. The Morgan fingerprint density at radius 2 is 2.04 bits per heavy atom. The lowest BCUT2D eigenvalue weighted by Crippen LogP contribution is -2.49. The lowest BCUT2D eigenvalue weighted by Gasteiger charge is -2.37. The van der Waals surface area contributed by atoms with Crippen molar-refractivity contribution in [2.45, 2.75) is 51.6 Å². The number of amides is 1. The van der Waals surface area contributed by atoms with Crippen molar-refractivity contribution in [3.63, 3.8) is 0 Å². The van der Waals surface area contributed by atoms with E-state index in [1.807, 2.05) is 31.2 Å². The molecular formula is C19H30N2O3. The van der Waals surface area contributed by atoms with Gasteiger partial charge in [0.2, 0.25) is 5.91 Å². The van der Waals surface area contributed by atoms with Gasteiger partial charge in [0.1, 0.15) is 18.4 Å². The van der Waals surface area contributed by atoms with Crippen molar-refractivity contribution in [1.82, 2.24) is 4.90 Å². The van der Waals surface area contributed by atoms with E-state index in [1.165, 1.54) is 6.42 Å². The largest absolute Gasteiger partial charge is 0.491 e. The highest BCUT2D eigenvalue weighted by atomic mass is 16.5. The molecule has 0 spiro atoms. The average molecular weight is 334 g/mol. The highest BCUT2D eigenvalue weighted by molar-refractivity contribution is 5.84. The summed E-state index contributed by atoms with van der Waals surface area (Å²) in [6.07, 6.45) is 4.51. The summed E-state index contributed by atoms with van der Waals surface area (Å²) in [5, 5.41) is 3.31. The summed E-state index contributed by atoms with van der Waals surface area (Å²) in [5.74, 6) is 1.00. The highest BCUT2D eigenvalue weighted by Crippen LogP contribution is 2.22. The molecule has 1 saturated heterocycles. The van der Waals surface area contributed by atoms with Crippen LogP contribution in [0.2, 0.25) is 0 Å². The van der Waals surface area contributed by atoms with Crippen LogP contribution in [-0.4, -0.2) is 49.8 Å². The molecule has 1 aromatic carbocycles. The molecule has 2 unspecified atom stereocenters. The van der Waals surface area contributed by atoms with E-state index < -0.39 is 0 Å². The lowest BCUT2D eigenvalue weighted by molar-refractivity contribution is -0.135. The molecule has 1 fully saturated rings. The predicted octanol–water partition coefficient (Wildman–Crippen LogP) is 3.30. The first-order valence-corrected chi connectivity index (χ1v) is 8.94. The molecule has 0 saturated carbocycles. The van der Waals surface area contributed by atoms with E-state index in [1.54, 1.807) is 7.11 Å². The zero-order valence-electron chi connectivity index (χ0n) is 15.1. The van der Waals surface area contributed by atoms with Gasteiger partial charge in [0.15, 0.2) is 0 Å². The molecule has 2 atom stereocenters. The fourth-order valence-corrected chi connectivity index (χ4v) is 3.17. The van der Waals surface area contributed by atoms with E-state index in [0.29, 0.717) is 19.3 Å². The van der Waals surface area contributed by atoms with Crippen LogP contribution >= 0.6 is 0 Å². The summed E-state index contributed by atoms with van der Waals surface area (Å²) in [5.41, 5.74) is 0.931. The van der Waals surface area contributed by atoms with Crippen LogP contribution in [0, 0.1) is 0 Å². The van der Waals surface area contributed by atoms with Gasteiger partial charge >= 0.3 is 0 Å². The topological polar surface area (TPSA) is 50.8 Å². The molecule has 2 rings (SSSR count). The van der Waals surface area contributed by atoms with Crippen molar-refractivity contribution >= 4 is 11.6 Å². The molecule has 24 heavy (non-hydrogen) atoms. The molecule has 0 bridgehead atoms. The molecule has 5 heteroatoms. The van der Waals surface area contributed by atoms with Crippen molar-refractivity contribution in [3.05, 3.63) is 24.3 Å². The van der Waals surface area contributed by atoms with Crippen LogP contribution in [0.3, 0.4) is 0 Å². The van der Waals surface area contributed by atoms with E-state index >= 15 is 0 Å². The number of hydrogen-bond acceptors (Lipinski definition) is 4. The van der Waals surface area contributed by atoms with Gasteiger partial charge in [-0.15, -0.1) is 0 Å². The average Bonchev–Trinajstić information content (AvgIpc) is 2.62. The fraction of sp³-hybridized carbons (Fsp3) is 0.632. The summed E-state index contributed by atoms with van der Waals surface area (Å²) in [4.78, 5) is 14.8. The number of anilines is 1. The second kappa shape index (κ2) is 9.52. The number of nitrogens with one attached hydrogen (secondary N) is 1. The Bertz CT molecular complexity index is 504. The van der Waals surface area contributed by atoms with Crippen LogP contribution in [0.4, 0.5) is 5.69 Å². The molecule has 5 nitrogen and oxygen atoms in total. The van der Waals surface area contributed by atoms with Crippen molar-refractivity contribution < 1.29 is 14.3 Å². The van der Waals surface area contributed by atoms with Crippen molar-refractivity contribution in [2.24, 2.45) is 0 Å². The fourth-order valence-electron chi connectivity index (χ4n) is 3.17. The molecule has 0 radical (unpaired) electrons. The van der Waals surface area contributed by atoms with Gasteiger partial charge in [0, 0.05) is 25.4 Å². The third-order valence-electron chi connectivity index (χ3n) is 4.55. The van der Waals surface area contributed by atoms with E-state index in [4.69, 9.17) is 9.47 Å². The van der Waals surface area contributed by atoms with Crippen LogP contribution < -0.4 is 10.1 Å². The molecule has 1 aromatic rings. The van der Waals surface area contributed by atoms with Gasteiger partial charge in [-0.2, -0.15) is 0 Å². The smallest absolute Gasteiger partial charge is 0.245 e. The van der Waals surface area contributed by atoms with Crippen molar-refractivity contribution in [3.8, 4) is 5.75 Å². The Labute approximate surface area is 145 Å². The van der Waals surface area contributed by atoms with Crippen molar-refractivity contribution in [1.29, 1.82) is 0 Å². The van der Waals surface area contributed by atoms with Gasteiger partial charge in [-0.1, -0.05) is 6.92 Å². The van der Waals surface area contributed by atoms with Gasteiger partial charge in [-0.3, -0.25) is 4.79 Å². The molecule has 1 N–H and O–H groups in total. The van der Waals surface area contributed by atoms with E-state index in [9.17, 15) is 4.79 Å². The number of likely N-dealkylation sites (tertiary alicyclic amines) is 1.